The second-order valence-electron chi connectivity index (χ2n) is 3.16. The van der Waals surface area contributed by atoms with Crippen LogP contribution in [0, 0.1) is 0 Å². The van der Waals surface area contributed by atoms with Crippen LogP contribution in [0.1, 0.15) is 18.4 Å². The number of aryl methyl sites for hydroxylation is 1. The van der Waals surface area contributed by atoms with Crippen LogP contribution >= 0.6 is 0 Å². The van der Waals surface area contributed by atoms with Crippen LogP contribution in [-0.4, -0.2) is 5.97 Å². The van der Waals surface area contributed by atoms with E-state index in [9.17, 15) is 4.79 Å². The molecular formula is C10H11NO2. The Kier molecular flexibility index (Phi) is 1.93. The summed E-state index contributed by atoms with van der Waals surface area (Å²) in [6.07, 6.45) is 2.19. The molecule has 0 bridgehead atoms. The zero-order chi connectivity index (χ0) is 9.26. The van der Waals surface area contributed by atoms with Gasteiger partial charge >= 0.3 is 5.97 Å². The summed E-state index contributed by atoms with van der Waals surface area (Å²) in [5, 5.41) is 0. The summed E-state index contributed by atoms with van der Waals surface area (Å²) in [4.78, 5) is 11.1. The number of esters is 1. The maximum absolute atomic E-state index is 11.1. The number of para-hydroxylation sites is 1. The lowest BCUT2D eigenvalue weighted by molar-refractivity contribution is -0.134. The quantitative estimate of drug-likeness (QED) is 0.371. The van der Waals surface area contributed by atoms with Gasteiger partial charge in [0.2, 0.25) is 0 Å². The molecule has 0 fully saturated rings. The molecule has 13 heavy (non-hydrogen) atoms. The Morgan fingerprint density at radius 1 is 1.31 bits per heavy atom. The van der Waals surface area contributed by atoms with Crippen molar-refractivity contribution in [1.82, 2.24) is 0 Å². The molecular weight excluding hydrogens is 166 g/mol. The first-order chi connectivity index (χ1) is 6.27. The van der Waals surface area contributed by atoms with E-state index < -0.39 is 0 Å². The summed E-state index contributed by atoms with van der Waals surface area (Å²) in [5.41, 5.74) is 7.28. The van der Waals surface area contributed by atoms with Crippen molar-refractivity contribution in [2.45, 2.75) is 19.3 Å². The minimum absolute atomic E-state index is 0.184. The third-order valence-electron chi connectivity index (χ3n) is 2.17. The summed E-state index contributed by atoms with van der Waals surface area (Å²) >= 11 is 0. The van der Waals surface area contributed by atoms with Gasteiger partial charge in [-0.1, -0.05) is 12.1 Å². The van der Waals surface area contributed by atoms with E-state index in [2.05, 4.69) is 0 Å². The lowest BCUT2D eigenvalue weighted by atomic mass is 10.1. The van der Waals surface area contributed by atoms with E-state index in [1.165, 1.54) is 0 Å². The highest BCUT2D eigenvalue weighted by molar-refractivity contribution is 5.76. The number of fused-ring (bicyclic) bond motifs is 1. The van der Waals surface area contributed by atoms with Crippen LogP contribution in [0.4, 0.5) is 5.69 Å². The molecule has 2 N–H and O–H groups in total. The van der Waals surface area contributed by atoms with E-state index in [-0.39, 0.29) is 5.97 Å². The number of carbonyl (C=O) groups is 1. The number of nitrogens with two attached hydrogens (primary N) is 1. The highest BCUT2D eigenvalue weighted by Crippen LogP contribution is 2.30. The molecule has 0 aromatic heterocycles. The van der Waals surface area contributed by atoms with Crippen molar-refractivity contribution in [2.24, 2.45) is 0 Å². The monoisotopic (exact) mass is 177 g/mol. The maximum atomic E-state index is 11.1. The normalized spacial score (nSPS) is 15.8. The third kappa shape index (κ3) is 1.49. The molecule has 3 heteroatoms. The van der Waals surface area contributed by atoms with Crippen LogP contribution in [0.2, 0.25) is 0 Å². The van der Waals surface area contributed by atoms with Gasteiger partial charge in [-0.25, -0.2) is 0 Å². The zero-order valence-corrected chi connectivity index (χ0v) is 7.25. The highest BCUT2D eigenvalue weighted by atomic mass is 16.5. The van der Waals surface area contributed by atoms with Gasteiger partial charge in [-0.05, 0) is 24.5 Å². The van der Waals surface area contributed by atoms with Gasteiger partial charge in [0.25, 0.3) is 0 Å². The largest absolute Gasteiger partial charge is 0.424 e. The van der Waals surface area contributed by atoms with Crippen LogP contribution in [0.25, 0.3) is 0 Å². The first kappa shape index (κ1) is 8.10. The van der Waals surface area contributed by atoms with Crippen LogP contribution in [0.5, 0.6) is 5.75 Å². The third-order valence-corrected chi connectivity index (χ3v) is 2.17. The van der Waals surface area contributed by atoms with Crippen molar-refractivity contribution < 1.29 is 9.53 Å². The molecule has 0 saturated heterocycles. The summed E-state index contributed by atoms with van der Waals surface area (Å²) in [7, 11) is 0. The lowest BCUT2D eigenvalue weighted by Crippen LogP contribution is -2.06. The number of anilines is 1. The Labute approximate surface area is 76.5 Å². The molecule has 0 aliphatic carbocycles. The molecule has 0 saturated carbocycles. The Bertz CT molecular complexity index is 347. The van der Waals surface area contributed by atoms with Gasteiger partial charge in [0.15, 0.2) is 5.75 Å². The van der Waals surface area contributed by atoms with Crippen LogP contribution in [-0.2, 0) is 11.2 Å². The number of carbonyl (C=O) groups excluding carboxylic acids is 1. The topological polar surface area (TPSA) is 52.3 Å². The molecule has 0 atom stereocenters. The van der Waals surface area contributed by atoms with Crippen molar-refractivity contribution in [3.05, 3.63) is 23.8 Å². The molecule has 68 valence electrons. The van der Waals surface area contributed by atoms with Gasteiger partial charge in [0, 0.05) is 6.42 Å². The van der Waals surface area contributed by atoms with Crippen molar-refractivity contribution in [3.8, 4) is 5.75 Å². The molecule has 3 nitrogen and oxygen atoms in total. The van der Waals surface area contributed by atoms with Gasteiger partial charge < -0.3 is 10.5 Å². The Balaban J connectivity index is 2.46. The maximum Gasteiger partial charge on any atom is 0.311 e. The zero-order valence-electron chi connectivity index (χ0n) is 7.25. The van der Waals surface area contributed by atoms with E-state index in [0.29, 0.717) is 17.9 Å². The van der Waals surface area contributed by atoms with Gasteiger partial charge in [-0.15, -0.1) is 0 Å². The minimum Gasteiger partial charge on any atom is -0.424 e. The van der Waals surface area contributed by atoms with Crippen molar-refractivity contribution >= 4 is 11.7 Å². The summed E-state index contributed by atoms with van der Waals surface area (Å²) in [6.45, 7) is 0. The molecule has 1 heterocycles. The van der Waals surface area contributed by atoms with E-state index >= 15 is 0 Å². The number of ether oxygens (including phenoxy) is 1. The second-order valence-corrected chi connectivity index (χ2v) is 3.16. The van der Waals surface area contributed by atoms with Gasteiger partial charge in [0.05, 0.1) is 5.69 Å². The van der Waals surface area contributed by atoms with E-state index in [1.54, 1.807) is 6.07 Å². The number of benzene rings is 1. The first-order valence-electron chi connectivity index (χ1n) is 4.35. The molecule has 0 spiro atoms. The fourth-order valence-corrected chi connectivity index (χ4v) is 1.51. The fraction of sp³-hybridized carbons (Fsp3) is 0.300. The molecule has 0 radical (unpaired) electrons. The Morgan fingerprint density at radius 2 is 2.15 bits per heavy atom. The fourth-order valence-electron chi connectivity index (χ4n) is 1.51. The number of hydrogen-bond acceptors (Lipinski definition) is 3. The predicted molar refractivity (Wildman–Crippen MR) is 49.4 cm³/mol. The molecule has 1 aliphatic rings. The SMILES string of the molecule is Nc1cccc2c1OC(=O)CCC2. The van der Waals surface area contributed by atoms with Crippen LogP contribution in [0.3, 0.4) is 0 Å². The first-order valence-corrected chi connectivity index (χ1v) is 4.35. The summed E-state index contributed by atoms with van der Waals surface area (Å²) < 4.78 is 5.12. The smallest absolute Gasteiger partial charge is 0.311 e. The average Bonchev–Trinajstić information content (AvgIpc) is 2.28. The average molecular weight is 177 g/mol. The van der Waals surface area contributed by atoms with Crippen LogP contribution in [0.15, 0.2) is 18.2 Å². The molecule has 0 unspecified atom stereocenters. The Hall–Kier alpha value is -1.51. The van der Waals surface area contributed by atoms with Crippen molar-refractivity contribution in [3.63, 3.8) is 0 Å². The van der Waals surface area contributed by atoms with Gasteiger partial charge in [-0.3, -0.25) is 4.79 Å². The predicted octanol–water partition coefficient (Wildman–Crippen LogP) is 1.51. The van der Waals surface area contributed by atoms with Gasteiger partial charge in [-0.2, -0.15) is 0 Å². The molecule has 1 aromatic rings. The highest BCUT2D eigenvalue weighted by Gasteiger charge is 2.16. The molecule has 0 amide bonds. The van der Waals surface area contributed by atoms with E-state index in [4.69, 9.17) is 10.5 Å². The van der Waals surface area contributed by atoms with E-state index in [1.807, 2.05) is 12.1 Å². The minimum atomic E-state index is -0.184. The summed E-state index contributed by atoms with van der Waals surface area (Å²) in [6, 6.07) is 5.58. The number of nitrogen functional groups attached to an aromatic ring is 1. The standard InChI is InChI=1S/C10H11NO2/c11-8-5-1-3-7-4-2-6-9(12)13-10(7)8/h1,3,5H,2,4,6,11H2. The molecule has 1 aliphatic heterocycles. The Morgan fingerprint density at radius 3 is 3.00 bits per heavy atom. The van der Waals surface area contributed by atoms with Gasteiger partial charge in [0.1, 0.15) is 0 Å². The van der Waals surface area contributed by atoms with E-state index in [0.717, 1.165) is 18.4 Å². The van der Waals surface area contributed by atoms with Crippen LogP contribution < -0.4 is 10.5 Å². The summed E-state index contributed by atoms with van der Waals surface area (Å²) in [5.74, 6) is 0.377. The lowest BCUT2D eigenvalue weighted by Gasteiger charge is -2.07. The number of hydrogen-bond donors (Lipinski definition) is 1. The van der Waals surface area contributed by atoms with Crippen molar-refractivity contribution in [1.29, 1.82) is 0 Å². The van der Waals surface area contributed by atoms with Crippen molar-refractivity contribution in [2.75, 3.05) is 5.73 Å². The molecule has 1 aromatic carbocycles. The number of rotatable bonds is 0. The molecule has 2 rings (SSSR count). The second kappa shape index (κ2) is 3.09.